The summed E-state index contributed by atoms with van der Waals surface area (Å²) in [6, 6.07) is 24.0. The van der Waals surface area contributed by atoms with Gasteiger partial charge in [0.1, 0.15) is 17.2 Å². The van der Waals surface area contributed by atoms with Crippen LogP contribution in [0.15, 0.2) is 84.6 Å². The number of anilines is 1. The van der Waals surface area contributed by atoms with E-state index in [1.807, 2.05) is 85.8 Å². The average Bonchev–Trinajstić information content (AvgIpc) is 3.08. The Morgan fingerprint density at radius 1 is 0.848 bits per heavy atom. The first-order chi connectivity index (χ1) is 16.1. The van der Waals surface area contributed by atoms with E-state index in [1.165, 1.54) is 4.90 Å². The van der Waals surface area contributed by atoms with E-state index in [1.54, 1.807) is 7.11 Å². The Kier molecular flexibility index (Phi) is 6.74. The quantitative estimate of drug-likeness (QED) is 0.479. The minimum absolute atomic E-state index is 0.169. The van der Waals surface area contributed by atoms with Gasteiger partial charge in [-0.25, -0.2) is 0 Å². The third-order valence-corrected chi connectivity index (χ3v) is 5.31. The minimum atomic E-state index is -0.366. The maximum absolute atomic E-state index is 13.4. The summed E-state index contributed by atoms with van der Waals surface area (Å²) in [5.41, 5.74) is 2.82. The van der Waals surface area contributed by atoms with E-state index in [9.17, 15) is 9.59 Å². The molecule has 0 saturated carbocycles. The number of hydrogen-bond donors (Lipinski definition) is 1. The topological polar surface area (TPSA) is 67.9 Å². The van der Waals surface area contributed by atoms with Crippen LogP contribution in [0.1, 0.15) is 24.5 Å². The van der Waals surface area contributed by atoms with Crippen molar-refractivity contribution in [1.29, 1.82) is 0 Å². The van der Waals surface area contributed by atoms with Gasteiger partial charge in [-0.15, -0.1) is 0 Å². The molecule has 0 fully saturated rings. The molecule has 2 amide bonds. The molecule has 0 atom stereocenters. The number of amides is 2. The van der Waals surface area contributed by atoms with Gasteiger partial charge in [0.2, 0.25) is 0 Å². The van der Waals surface area contributed by atoms with Crippen molar-refractivity contribution in [3.8, 4) is 11.5 Å². The van der Waals surface area contributed by atoms with Crippen LogP contribution in [0.5, 0.6) is 11.5 Å². The zero-order chi connectivity index (χ0) is 23.2. The molecule has 1 N–H and O–H groups in total. The number of carbonyl (C=O) groups excluding carboxylic acids is 2. The van der Waals surface area contributed by atoms with Crippen LogP contribution >= 0.6 is 0 Å². The van der Waals surface area contributed by atoms with Gasteiger partial charge in [-0.2, -0.15) is 0 Å². The Morgan fingerprint density at radius 3 is 2.30 bits per heavy atom. The number of methoxy groups -OCH3 is 1. The molecule has 168 valence electrons. The van der Waals surface area contributed by atoms with E-state index in [0.717, 1.165) is 12.0 Å². The van der Waals surface area contributed by atoms with Crippen LogP contribution in [0.3, 0.4) is 0 Å². The zero-order valence-electron chi connectivity index (χ0n) is 18.7. The average molecular weight is 443 g/mol. The lowest BCUT2D eigenvalue weighted by atomic mass is 10.0. The van der Waals surface area contributed by atoms with Gasteiger partial charge in [0.25, 0.3) is 11.8 Å². The third kappa shape index (κ3) is 4.90. The fraction of sp³-hybridized carbons (Fsp3) is 0.185. The van der Waals surface area contributed by atoms with Gasteiger partial charge in [-0.05, 0) is 41.8 Å². The molecule has 0 unspecified atom stereocenters. The predicted molar refractivity (Wildman–Crippen MR) is 128 cm³/mol. The van der Waals surface area contributed by atoms with Gasteiger partial charge >= 0.3 is 0 Å². The second-order valence-corrected chi connectivity index (χ2v) is 7.66. The first-order valence-corrected chi connectivity index (χ1v) is 10.9. The van der Waals surface area contributed by atoms with E-state index in [2.05, 4.69) is 5.32 Å². The molecule has 6 nitrogen and oxygen atoms in total. The molecule has 0 aliphatic carbocycles. The summed E-state index contributed by atoms with van der Waals surface area (Å²) in [6.07, 6.45) is 0.897. The van der Waals surface area contributed by atoms with Crippen molar-refractivity contribution in [2.24, 2.45) is 0 Å². The van der Waals surface area contributed by atoms with Crippen molar-refractivity contribution < 1.29 is 19.1 Å². The Labute approximate surface area is 193 Å². The first kappa shape index (κ1) is 22.1. The van der Waals surface area contributed by atoms with Gasteiger partial charge < -0.3 is 14.8 Å². The number of ether oxygens (including phenoxy) is 2. The van der Waals surface area contributed by atoms with Gasteiger partial charge in [-0.3, -0.25) is 14.5 Å². The monoisotopic (exact) mass is 442 g/mol. The van der Waals surface area contributed by atoms with Gasteiger partial charge in [0, 0.05) is 11.8 Å². The lowest BCUT2D eigenvalue weighted by molar-refractivity contribution is -0.137. The maximum Gasteiger partial charge on any atom is 0.278 e. The molecule has 0 spiro atoms. The van der Waals surface area contributed by atoms with Gasteiger partial charge in [0.05, 0.1) is 25.8 Å². The van der Waals surface area contributed by atoms with Crippen LogP contribution in [0.4, 0.5) is 5.69 Å². The highest BCUT2D eigenvalue weighted by atomic mass is 16.5. The van der Waals surface area contributed by atoms with Crippen molar-refractivity contribution in [2.75, 3.05) is 19.0 Å². The summed E-state index contributed by atoms with van der Waals surface area (Å²) in [5.74, 6) is 0.724. The number of carbonyl (C=O) groups is 2. The first-order valence-electron chi connectivity index (χ1n) is 10.9. The molecule has 1 heterocycles. The number of benzene rings is 3. The predicted octanol–water partition coefficient (Wildman–Crippen LogP) is 4.88. The lowest BCUT2D eigenvalue weighted by Gasteiger charge is -2.16. The zero-order valence-corrected chi connectivity index (χ0v) is 18.7. The maximum atomic E-state index is 13.4. The largest absolute Gasteiger partial charge is 0.497 e. The van der Waals surface area contributed by atoms with Crippen molar-refractivity contribution in [2.45, 2.75) is 19.9 Å². The molecular formula is C27H26N2O4. The summed E-state index contributed by atoms with van der Waals surface area (Å²) in [4.78, 5) is 28.1. The number of imide groups is 1. The summed E-state index contributed by atoms with van der Waals surface area (Å²) >= 11 is 0. The molecule has 6 heteroatoms. The van der Waals surface area contributed by atoms with Gasteiger partial charge in [0.15, 0.2) is 0 Å². The number of nitrogens with zero attached hydrogens (tertiary/aromatic N) is 1. The van der Waals surface area contributed by atoms with Crippen LogP contribution in [-0.4, -0.2) is 30.4 Å². The molecule has 0 saturated heterocycles. The highest BCUT2D eigenvalue weighted by Gasteiger charge is 2.39. The fourth-order valence-electron chi connectivity index (χ4n) is 3.65. The normalized spacial score (nSPS) is 13.5. The Bertz CT molecular complexity index is 1170. The van der Waals surface area contributed by atoms with Crippen molar-refractivity contribution in [3.05, 3.63) is 95.7 Å². The lowest BCUT2D eigenvalue weighted by Crippen LogP contribution is -2.32. The molecule has 4 rings (SSSR count). The van der Waals surface area contributed by atoms with E-state index in [-0.39, 0.29) is 24.1 Å². The minimum Gasteiger partial charge on any atom is -0.497 e. The van der Waals surface area contributed by atoms with E-state index in [0.29, 0.717) is 34.9 Å². The van der Waals surface area contributed by atoms with Crippen molar-refractivity contribution in [1.82, 2.24) is 4.90 Å². The summed E-state index contributed by atoms with van der Waals surface area (Å²) in [6.45, 7) is 2.82. The SMILES string of the molecule is CCCOc1cccc(NC2=C(c3ccccc3)C(=O)N(Cc3ccc(OC)cc3)C2=O)c1. The highest BCUT2D eigenvalue weighted by molar-refractivity contribution is 6.36. The number of rotatable bonds is 9. The van der Waals surface area contributed by atoms with E-state index >= 15 is 0 Å². The van der Waals surface area contributed by atoms with Crippen LogP contribution < -0.4 is 14.8 Å². The molecule has 0 radical (unpaired) electrons. The molecule has 1 aliphatic rings. The van der Waals surface area contributed by atoms with Gasteiger partial charge in [-0.1, -0.05) is 55.5 Å². The number of nitrogens with one attached hydrogen (secondary N) is 1. The van der Waals surface area contributed by atoms with Crippen LogP contribution in [-0.2, 0) is 16.1 Å². The van der Waals surface area contributed by atoms with E-state index in [4.69, 9.17) is 9.47 Å². The summed E-state index contributed by atoms with van der Waals surface area (Å²) in [5, 5.41) is 3.19. The smallest absolute Gasteiger partial charge is 0.278 e. The van der Waals surface area contributed by atoms with Crippen LogP contribution in [0.25, 0.3) is 5.57 Å². The van der Waals surface area contributed by atoms with Crippen molar-refractivity contribution in [3.63, 3.8) is 0 Å². The fourth-order valence-corrected chi connectivity index (χ4v) is 3.65. The van der Waals surface area contributed by atoms with Crippen LogP contribution in [0.2, 0.25) is 0 Å². The molecule has 0 bridgehead atoms. The molecule has 0 aromatic heterocycles. The second-order valence-electron chi connectivity index (χ2n) is 7.66. The third-order valence-electron chi connectivity index (χ3n) is 5.31. The van der Waals surface area contributed by atoms with Crippen LogP contribution in [0, 0.1) is 0 Å². The number of hydrogen-bond acceptors (Lipinski definition) is 5. The Balaban J connectivity index is 1.66. The Morgan fingerprint density at radius 2 is 1.61 bits per heavy atom. The standard InChI is InChI=1S/C27H26N2O4/c1-3-16-33-23-11-7-10-21(17-23)28-25-24(20-8-5-4-6-9-20)26(30)29(27(25)31)18-19-12-14-22(32-2)15-13-19/h4-15,17,28H,3,16,18H2,1-2H3. The summed E-state index contributed by atoms with van der Waals surface area (Å²) in [7, 11) is 1.60. The molecule has 1 aliphatic heterocycles. The molecule has 33 heavy (non-hydrogen) atoms. The highest BCUT2D eigenvalue weighted by Crippen LogP contribution is 2.32. The second kappa shape index (κ2) is 10.0. The van der Waals surface area contributed by atoms with E-state index < -0.39 is 0 Å². The molecule has 3 aromatic rings. The molecule has 3 aromatic carbocycles. The molecular weight excluding hydrogens is 416 g/mol. The van der Waals surface area contributed by atoms with Crippen molar-refractivity contribution >= 4 is 23.1 Å². The summed E-state index contributed by atoms with van der Waals surface area (Å²) < 4.78 is 10.9. The Hall–Kier alpha value is -4.06.